The Morgan fingerprint density at radius 2 is 1.83 bits per heavy atom. The van der Waals surface area contributed by atoms with Gasteiger partial charge in [-0.15, -0.1) is 0 Å². The Hall–Kier alpha value is -3.18. The van der Waals surface area contributed by atoms with Gasteiger partial charge in [-0.1, -0.05) is 40.9 Å². The molecule has 150 valence electrons. The third-order valence-electron chi connectivity index (χ3n) is 4.07. The average molecular weight is 461 g/mol. The third-order valence-corrected chi connectivity index (χ3v) is 4.88. The molecule has 3 rings (SSSR count). The number of amides is 1. The first-order chi connectivity index (χ1) is 14.3. The van der Waals surface area contributed by atoms with Crippen molar-refractivity contribution in [3.8, 4) is 11.8 Å². The molecular formula is C20H12Cl3N5O2. The maximum atomic E-state index is 12.6. The van der Waals surface area contributed by atoms with Crippen molar-refractivity contribution in [3.63, 3.8) is 0 Å². The fourth-order valence-corrected chi connectivity index (χ4v) is 3.11. The van der Waals surface area contributed by atoms with Gasteiger partial charge in [0.15, 0.2) is 5.69 Å². The quantitative estimate of drug-likeness (QED) is 0.467. The molecule has 30 heavy (non-hydrogen) atoms. The Labute approximate surface area is 186 Å². The molecule has 0 spiro atoms. The van der Waals surface area contributed by atoms with Crippen LogP contribution in [0.1, 0.15) is 27.2 Å². The molecule has 0 saturated carbocycles. The Kier molecular flexibility index (Phi) is 6.53. The number of carbonyl (C=O) groups excluding carboxylic acids is 1. The Morgan fingerprint density at radius 3 is 2.47 bits per heavy atom. The number of hydrogen-bond donors (Lipinski definition) is 1. The second-order valence-electron chi connectivity index (χ2n) is 6.02. The predicted octanol–water partition coefficient (Wildman–Crippen LogP) is 4.14. The zero-order valence-electron chi connectivity index (χ0n) is 15.4. The Balaban J connectivity index is 1.96. The number of nitriles is 1. The lowest BCUT2D eigenvalue weighted by Gasteiger charge is -2.10. The molecule has 1 aromatic heterocycles. The van der Waals surface area contributed by atoms with Gasteiger partial charge in [-0.2, -0.15) is 20.1 Å². The summed E-state index contributed by atoms with van der Waals surface area (Å²) in [5.74, 6) is -0.701. The van der Waals surface area contributed by atoms with Crippen LogP contribution in [-0.2, 0) is 0 Å². The Morgan fingerprint density at radius 1 is 1.17 bits per heavy atom. The molecule has 0 aliphatic rings. The van der Waals surface area contributed by atoms with Gasteiger partial charge in [-0.05, 0) is 43.3 Å². The summed E-state index contributed by atoms with van der Waals surface area (Å²) in [5.41, 5.74) is 2.38. The summed E-state index contributed by atoms with van der Waals surface area (Å²) in [6.07, 6.45) is 1.34. The molecule has 0 saturated heterocycles. The van der Waals surface area contributed by atoms with Gasteiger partial charge >= 0.3 is 0 Å². The van der Waals surface area contributed by atoms with E-state index in [4.69, 9.17) is 34.8 Å². The van der Waals surface area contributed by atoms with Crippen molar-refractivity contribution in [2.75, 3.05) is 0 Å². The maximum Gasteiger partial charge on any atom is 0.292 e. The van der Waals surface area contributed by atoms with Crippen LogP contribution in [0, 0.1) is 18.3 Å². The number of carbonyl (C=O) groups is 1. The predicted molar refractivity (Wildman–Crippen MR) is 116 cm³/mol. The van der Waals surface area contributed by atoms with Crippen molar-refractivity contribution >= 4 is 46.9 Å². The molecule has 7 nitrogen and oxygen atoms in total. The van der Waals surface area contributed by atoms with E-state index in [1.54, 1.807) is 42.5 Å². The second kappa shape index (κ2) is 9.09. The highest BCUT2D eigenvalue weighted by Crippen LogP contribution is 2.19. The lowest BCUT2D eigenvalue weighted by molar-refractivity contribution is 0.0947. The number of halogens is 3. The fourth-order valence-electron chi connectivity index (χ4n) is 2.53. The van der Waals surface area contributed by atoms with Gasteiger partial charge in [0.2, 0.25) is 0 Å². The highest BCUT2D eigenvalue weighted by molar-refractivity contribution is 6.36. The van der Waals surface area contributed by atoms with Gasteiger partial charge in [-0.25, -0.2) is 5.43 Å². The van der Waals surface area contributed by atoms with E-state index in [-0.39, 0.29) is 16.8 Å². The zero-order chi connectivity index (χ0) is 21.8. The van der Waals surface area contributed by atoms with Gasteiger partial charge in [0.25, 0.3) is 11.5 Å². The van der Waals surface area contributed by atoms with Crippen molar-refractivity contribution in [2.24, 2.45) is 5.10 Å². The van der Waals surface area contributed by atoms with E-state index >= 15 is 0 Å². The first kappa shape index (κ1) is 21.5. The molecule has 10 heteroatoms. The minimum Gasteiger partial charge on any atom is -0.266 e. The summed E-state index contributed by atoms with van der Waals surface area (Å²) in [6, 6.07) is 12.9. The van der Waals surface area contributed by atoms with E-state index in [0.717, 1.165) is 4.68 Å². The van der Waals surface area contributed by atoms with Crippen molar-refractivity contribution in [1.82, 2.24) is 15.2 Å². The molecule has 0 aliphatic heterocycles. The SMILES string of the molecule is Cc1c(C(=O)N/N=C/c2ccc(Cl)cc2Cl)nn(-c2ccc(Cl)cc2)c(=O)c1C#N. The summed E-state index contributed by atoms with van der Waals surface area (Å²) in [7, 11) is 0. The van der Waals surface area contributed by atoms with Crippen LogP contribution < -0.4 is 11.0 Å². The van der Waals surface area contributed by atoms with Crippen molar-refractivity contribution in [2.45, 2.75) is 6.92 Å². The molecule has 0 atom stereocenters. The van der Waals surface area contributed by atoms with E-state index < -0.39 is 11.5 Å². The highest BCUT2D eigenvalue weighted by atomic mass is 35.5. The lowest BCUT2D eigenvalue weighted by Crippen LogP contribution is -2.31. The van der Waals surface area contributed by atoms with Crippen molar-refractivity contribution in [3.05, 3.63) is 90.3 Å². The van der Waals surface area contributed by atoms with E-state index in [1.165, 1.54) is 13.1 Å². The second-order valence-corrected chi connectivity index (χ2v) is 7.30. The monoisotopic (exact) mass is 459 g/mol. The van der Waals surface area contributed by atoms with E-state index in [0.29, 0.717) is 26.3 Å². The van der Waals surface area contributed by atoms with Crippen LogP contribution in [-0.4, -0.2) is 21.9 Å². The number of hydrogen-bond acceptors (Lipinski definition) is 5. The van der Waals surface area contributed by atoms with Crippen molar-refractivity contribution < 1.29 is 4.79 Å². The zero-order valence-corrected chi connectivity index (χ0v) is 17.6. The first-order valence-electron chi connectivity index (χ1n) is 8.40. The number of hydrazone groups is 1. The molecule has 1 amide bonds. The normalized spacial score (nSPS) is 10.8. The number of nitrogens with zero attached hydrogens (tertiary/aromatic N) is 4. The maximum absolute atomic E-state index is 12.6. The topological polar surface area (TPSA) is 100 Å². The molecule has 3 aromatic rings. The summed E-state index contributed by atoms with van der Waals surface area (Å²) >= 11 is 17.8. The first-order valence-corrected chi connectivity index (χ1v) is 9.53. The molecule has 0 bridgehead atoms. The molecule has 2 aromatic carbocycles. The summed E-state index contributed by atoms with van der Waals surface area (Å²) in [5, 5.41) is 18.7. The van der Waals surface area contributed by atoms with Crippen LogP contribution in [0.15, 0.2) is 52.4 Å². The largest absolute Gasteiger partial charge is 0.292 e. The van der Waals surface area contributed by atoms with Crippen LogP contribution >= 0.6 is 34.8 Å². The standard InChI is InChI=1S/C20H12Cl3N5O2/c1-11-16(9-24)20(30)28(15-6-4-13(21)5-7-15)27-18(11)19(29)26-25-10-12-2-3-14(22)8-17(12)23/h2-8,10H,1H3,(H,26,29)/b25-10+. The third kappa shape index (κ3) is 4.52. The highest BCUT2D eigenvalue weighted by Gasteiger charge is 2.20. The fraction of sp³-hybridized carbons (Fsp3) is 0.0500. The number of rotatable bonds is 4. The Bertz CT molecular complexity index is 1260. The van der Waals surface area contributed by atoms with Gasteiger partial charge in [0.1, 0.15) is 11.6 Å². The summed E-state index contributed by atoms with van der Waals surface area (Å²) < 4.78 is 0.969. The number of nitrogens with one attached hydrogen (secondary N) is 1. The molecule has 1 N–H and O–H groups in total. The lowest BCUT2D eigenvalue weighted by atomic mass is 10.1. The van der Waals surface area contributed by atoms with Gasteiger partial charge in [0.05, 0.1) is 16.9 Å². The van der Waals surface area contributed by atoms with Crippen LogP contribution in [0.4, 0.5) is 0 Å². The van der Waals surface area contributed by atoms with E-state index in [1.807, 2.05) is 6.07 Å². The number of benzene rings is 2. The van der Waals surface area contributed by atoms with Gasteiger partial charge in [-0.3, -0.25) is 9.59 Å². The summed E-state index contributed by atoms with van der Waals surface area (Å²) in [4.78, 5) is 25.2. The molecule has 1 heterocycles. The molecule has 0 radical (unpaired) electrons. The van der Waals surface area contributed by atoms with Crippen LogP contribution in [0.3, 0.4) is 0 Å². The number of aromatic nitrogens is 2. The van der Waals surface area contributed by atoms with Crippen LogP contribution in [0.25, 0.3) is 5.69 Å². The average Bonchev–Trinajstić information content (AvgIpc) is 2.71. The van der Waals surface area contributed by atoms with Gasteiger partial charge in [0, 0.05) is 21.2 Å². The van der Waals surface area contributed by atoms with Gasteiger partial charge < -0.3 is 0 Å². The van der Waals surface area contributed by atoms with E-state index in [2.05, 4.69) is 15.6 Å². The molecule has 0 fully saturated rings. The minimum atomic E-state index is -0.701. The van der Waals surface area contributed by atoms with Crippen molar-refractivity contribution in [1.29, 1.82) is 5.26 Å². The van der Waals surface area contributed by atoms with E-state index in [9.17, 15) is 14.9 Å². The smallest absolute Gasteiger partial charge is 0.266 e. The molecule has 0 aliphatic carbocycles. The molecule has 0 unspecified atom stereocenters. The minimum absolute atomic E-state index is 0.125. The molecular weight excluding hydrogens is 449 g/mol. The summed E-state index contributed by atoms with van der Waals surface area (Å²) in [6.45, 7) is 1.47. The van der Waals surface area contributed by atoms with Crippen LogP contribution in [0.2, 0.25) is 15.1 Å². The van der Waals surface area contributed by atoms with Crippen LogP contribution in [0.5, 0.6) is 0 Å².